The Morgan fingerprint density at radius 3 is 0.778 bits per heavy atom. The minimum absolute atomic E-state index is 0. The van der Waals surface area contributed by atoms with E-state index in [1.807, 2.05) is 0 Å². The summed E-state index contributed by atoms with van der Waals surface area (Å²) in [4.78, 5) is 34.1. The first kappa shape index (κ1) is 16.1. The van der Waals surface area contributed by atoms with Gasteiger partial charge in [-0.2, -0.15) is 0 Å². The van der Waals surface area contributed by atoms with Gasteiger partial charge in [-0.25, -0.2) is 0 Å². The van der Waals surface area contributed by atoms with Crippen molar-refractivity contribution in [1.29, 1.82) is 0 Å². The molecule has 0 aromatic heterocycles. The first-order chi connectivity index (χ1) is 3.46. The third-order valence-corrected chi connectivity index (χ3v) is 0. The topological polar surface area (TPSA) is 126 Å². The zero-order valence-electron chi connectivity index (χ0n) is 3.95. The van der Waals surface area contributed by atoms with Crippen molar-refractivity contribution < 1.29 is 59.2 Å². The smallest absolute Gasteiger partial charge is 0.672 e. The summed E-state index contributed by atoms with van der Waals surface area (Å²) >= 11 is 0. The van der Waals surface area contributed by atoms with Crippen molar-refractivity contribution in [3.8, 4) is 0 Å². The maximum Gasteiger partial charge on any atom is 4.00 e. The summed E-state index contributed by atoms with van der Waals surface area (Å²) in [7, 11) is -7.26. The Hall–Kier alpha value is 0.286. The van der Waals surface area contributed by atoms with E-state index < -0.39 is 18.3 Å². The van der Waals surface area contributed by atoms with Crippen molar-refractivity contribution in [3.05, 3.63) is 0 Å². The van der Waals surface area contributed by atoms with Gasteiger partial charge in [0.2, 0.25) is 0 Å². The molecule has 0 saturated carbocycles. The van der Waals surface area contributed by atoms with Crippen LogP contribution in [-0.4, -0.2) is 18.3 Å². The Morgan fingerprint density at radius 1 is 0.778 bits per heavy atom. The van der Waals surface area contributed by atoms with Gasteiger partial charge < -0.3 is 28.1 Å². The molecule has 0 radical (unpaired) electrons. The Morgan fingerprint density at radius 2 is 0.778 bits per heavy atom. The summed E-state index contributed by atoms with van der Waals surface area (Å²) < 4.78 is 17.0. The molecule has 9 heavy (non-hydrogen) atoms. The monoisotopic (exact) mass is 390 g/mol. The van der Waals surface area contributed by atoms with Gasteiger partial charge in [0.25, 0.3) is 0 Å². The van der Waals surface area contributed by atoms with Gasteiger partial charge >= 0.3 is 31.1 Å². The molecule has 0 aliphatic carbocycles. The first-order valence-electron chi connectivity index (χ1n) is 1.22. The van der Waals surface area contributed by atoms with Crippen molar-refractivity contribution in [3.63, 3.8) is 0 Å². The largest absolute Gasteiger partial charge is 4.00 e. The van der Waals surface area contributed by atoms with Crippen LogP contribution in [0.4, 0.5) is 0 Å². The molecule has 48 valence electrons. The zero-order valence-corrected chi connectivity index (χ0v) is 10.1. The summed E-state index contributed by atoms with van der Waals surface area (Å²) in [6.45, 7) is 0. The fraction of sp³-hybridized carbons (Fsp3) is 0. The van der Waals surface area contributed by atoms with E-state index in [-0.39, 0.29) is 31.1 Å². The van der Waals surface area contributed by atoms with Crippen LogP contribution in [0.15, 0.2) is 0 Å². The van der Waals surface area contributed by atoms with Crippen LogP contribution in [-0.2, 0) is 8.92 Å². The second-order valence-electron chi connectivity index (χ2n) is 0.500. The quantitative estimate of drug-likeness (QED) is 0.380. The van der Waals surface area contributed by atoms with Gasteiger partial charge in [0.15, 0.2) is 0 Å². The minimum atomic E-state index is -3.63. The molecule has 0 aliphatic rings. The van der Waals surface area contributed by atoms with Crippen molar-refractivity contribution in [2.75, 3.05) is 0 Å². The Balaban J connectivity index is -0.0000000720. The average molecular weight is 390 g/mol. The molecule has 0 atom stereocenters. The zero-order chi connectivity index (χ0) is 7.15. The van der Waals surface area contributed by atoms with Crippen LogP contribution in [0.25, 0.3) is 0 Å². The van der Waals surface area contributed by atoms with E-state index in [4.69, 9.17) is 28.1 Å². The molecule has 0 saturated heterocycles. The van der Waals surface area contributed by atoms with Crippen LogP contribution in [0.5, 0.6) is 0 Å². The molecular weight excluding hydrogens is 390 g/mol. The number of hydrogen-bond acceptors (Lipinski definition) is 6. The normalized spacial score (nSPS) is 5.33. The first-order valence-corrected chi connectivity index (χ1v) is 3.67. The predicted octanol–water partition coefficient (Wildman–Crippen LogP) is -5.76. The summed E-state index contributed by atoms with van der Waals surface area (Å²) in [5.74, 6) is 0. The number of rotatable bonds is 0. The van der Waals surface area contributed by atoms with Gasteiger partial charge in [0, 0.05) is 18.3 Å². The van der Waals surface area contributed by atoms with Crippen molar-refractivity contribution in [2.45, 2.75) is 0 Å². The molecule has 0 amide bonds. The van der Waals surface area contributed by atoms with Crippen LogP contribution in [0.3, 0.4) is 0 Å². The van der Waals surface area contributed by atoms with Gasteiger partial charge in [-0.1, -0.05) is 0 Å². The van der Waals surface area contributed by atoms with E-state index in [2.05, 4.69) is 0 Å². The molecule has 0 aliphatic heterocycles. The summed E-state index contributed by atoms with van der Waals surface area (Å²) in [5.41, 5.74) is 0. The molecule has 6 nitrogen and oxygen atoms in total. The third kappa shape index (κ3) is 4010. The van der Waals surface area contributed by atoms with E-state index in [9.17, 15) is 0 Å². The fourth-order valence-corrected chi connectivity index (χ4v) is 0. The van der Waals surface area contributed by atoms with Crippen LogP contribution in [0, 0.1) is 31.1 Å². The molecule has 0 bridgehead atoms. The van der Waals surface area contributed by atoms with E-state index in [1.165, 1.54) is 0 Å². The molecule has 0 fully saturated rings. The Kier molecular flexibility index (Phi) is 20.0. The van der Waals surface area contributed by atoms with Gasteiger partial charge in [0.05, 0.1) is 0 Å². The van der Waals surface area contributed by atoms with Gasteiger partial charge in [-0.15, -0.1) is 0 Å². The molecule has 0 rings (SSSR count). The fourth-order valence-electron chi connectivity index (χ4n) is 0. The maximum absolute atomic E-state index is 8.52. The van der Waals surface area contributed by atoms with Crippen molar-refractivity contribution in [1.82, 2.24) is 0 Å². The minimum Gasteiger partial charge on any atom is -0.672 e. The summed E-state index contributed by atoms with van der Waals surface area (Å²) in [6, 6.07) is 0. The van der Waals surface area contributed by atoms with Crippen LogP contribution in [0.2, 0.25) is 0 Å². The van der Waals surface area contributed by atoms with Crippen molar-refractivity contribution >= 4 is 18.3 Å². The molecule has 0 aromatic rings. The van der Waals surface area contributed by atoms with Gasteiger partial charge in [-0.05, 0) is 0 Å². The summed E-state index contributed by atoms with van der Waals surface area (Å²) in [6.07, 6.45) is 0. The standard InChI is InChI=1S/2O3Si.U/c2*1-4(2)3;/q2*-2;+4. The molecule has 0 heterocycles. The SMILES string of the molecule is O=[Si]([O-])[O-].O=[Si]([O-])[O-].[U+4]. The van der Waals surface area contributed by atoms with E-state index >= 15 is 0 Å². The second-order valence-corrected chi connectivity index (χ2v) is 1.50. The van der Waals surface area contributed by atoms with E-state index in [1.54, 1.807) is 0 Å². The Bertz CT molecular complexity index is 69.1. The molecule has 9 heteroatoms. The third-order valence-electron chi connectivity index (χ3n) is 0. The molecule has 0 spiro atoms. The van der Waals surface area contributed by atoms with Gasteiger partial charge in [0.1, 0.15) is 0 Å². The Labute approximate surface area is 77.3 Å². The summed E-state index contributed by atoms with van der Waals surface area (Å²) in [5, 5.41) is 0. The number of hydrogen-bond donors (Lipinski definition) is 0. The van der Waals surface area contributed by atoms with Crippen LogP contribution >= 0.6 is 0 Å². The van der Waals surface area contributed by atoms with Crippen LogP contribution in [0.1, 0.15) is 0 Å². The molecule has 0 unspecified atom stereocenters. The second kappa shape index (κ2) is 11.1. The molecular formula is O6Si2U. The van der Waals surface area contributed by atoms with Gasteiger partial charge in [-0.3, -0.25) is 0 Å². The van der Waals surface area contributed by atoms with E-state index in [0.29, 0.717) is 0 Å². The molecule has 0 aromatic carbocycles. The van der Waals surface area contributed by atoms with E-state index in [0.717, 1.165) is 0 Å². The maximum atomic E-state index is 8.52. The van der Waals surface area contributed by atoms with Crippen molar-refractivity contribution in [2.24, 2.45) is 0 Å². The average Bonchev–Trinajstić information content (AvgIpc) is 1.25. The predicted molar refractivity (Wildman–Crippen MR) is 12.9 cm³/mol. The molecule has 0 N–H and O–H groups in total. The van der Waals surface area contributed by atoms with Crippen LogP contribution < -0.4 is 19.2 Å².